The molecule has 0 aliphatic heterocycles. The predicted molar refractivity (Wildman–Crippen MR) is 62.6 cm³/mol. The van der Waals surface area contributed by atoms with Gasteiger partial charge >= 0.3 is 0 Å². The Kier molecular flexibility index (Phi) is 5.07. The lowest BCUT2D eigenvalue weighted by Crippen LogP contribution is -2.32. The molecule has 4 heteroatoms. The van der Waals surface area contributed by atoms with Crippen LogP contribution in [0.2, 0.25) is 0 Å². The van der Waals surface area contributed by atoms with E-state index < -0.39 is 0 Å². The van der Waals surface area contributed by atoms with E-state index >= 15 is 0 Å². The molecule has 3 nitrogen and oxygen atoms in total. The highest BCUT2D eigenvalue weighted by molar-refractivity contribution is 7.07. The molecule has 0 aliphatic carbocycles. The average Bonchev–Trinajstić information content (AvgIpc) is 2.68. The quantitative estimate of drug-likeness (QED) is 0.444. The van der Waals surface area contributed by atoms with Crippen molar-refractivity contribution in [3.05, 3.63) is 22.4 Å². The van der Waals surface area contributed by atoms with Crippen LogP contribution in [0.15, 0.2) is 21.8 Å². The Hall–Kier alpha value is -1.03. The van der Waals surface area contributed by atoms with Gasteiger partial charge in [0.1, 0.15) is 0 Å². The third-order valence-electron chi connectivity index (χ3n) is 1.85. The van der Waals surface area contributed by atoms with Gasteiger partial charge in [0.05, 0.1) is 6.54 Å². The zero-order valence-electron chi connectivity index (χ0n) is 8.49. The maximum Gasteiger partial charge on any atom is 0.188 e. The molecule has 0 radical (unpaired) electrons. The van der Waals surface area contributed by atoms with E-state index in [1.165, 1.54) is 12.0 Å². The van der Waals surface area contributed by atoms with Gasteiger partial charge in [0, 0.05) is 6.54 Å². The minimum Gasteiger partial charge on any atom is -0.370 e. The van der Waals surface area contributed by atoms with E-state index in [0.29, 0.717) is 12.5 Å². The zero-order valence-corrected chi connectivity index (χ0v) is 9.31. The van der Waals surface area contributed by atoms with Gasteiger partial charge in [0.2, 0.25) is 0 Å². The molecular formula is C10H17N3S. The van der Waals surface area contributed by atoms with Gasteiger partial charge in [-0.1, -0.05) is 13.3 Å². The lowest BCUT2D eigenvalue weighted by Gasteiger charge is -2.03. The highest BCUT2D eigenvalue weighted by atomic mass is 32.1. The van der Waals surface area contributed by atoms with Crippen molar-refractivity contribution in [2.45, 2.75) is 26.3 Å². The maximum atomic E-state index is 5.67. The molecular weight excluding hydrogens is 194 g/mol. The smallest absolute Gasteiger partial charge is 0.188 e. The fourth-order valence-corrected chi connectivity index (χ4v) is 1.67. The van der Waals surface area contributed by atoms with Crippen LogP contribution >= 0.6 is 11.3 Å². The van der Waals surface area contributed by atoms with Crippen LogP contribution in [0.25, 0.3) is 0 Å². The molecule has 0 saturated carbocycles. The minimum atomic E-state index is 0.546. The first kappa shape index (κ1) is 11.0. The van der Waals surface area contributed by atoms with Gasteiger partial charge in [0.15, 0.2) is 5.96 Å². The first-order valence-corrected chi connectivity index (χ1v) is 5.82. The van der Waals surface area contributed by atoms with Crippen molar-refractivity contribution in [1.82, 2.24) is 5.32 Å². The molecule has 78 valence electrons. The van der Waals surface area contributed by atoms with Crippen molar-refractivity contribution in [2.24, 2.45) is 10.7 Å². The lowest BCUT2D eigenvalue weighted by atomic mass is 10.3. The molecule has 14 heavy (non-hydrogen) atoms. The van der Waals surface area contributed by atoms with Gasteiger partial charge in [-0.3, -0.25) is 0 Å². The summed E-state index contributed by atoms with van der Waals surface area (Å²) < 4.78 is 0. The standard InChI is InChI=1S/C10H17N3S/c1-2-3-5-12-10(11)13-7-9-4-6-14-8-9/h4,6,8H,2-3,5,7H2,1H3,(H3,11,12,13). The van der Waals surface area contributed by atoms with Gasteiger partial charge in [-0.25, -0.2) is 4.99 Å². The Morgan fingerprint density at radius 3 is 3.14 bits per heavy atom. The predicted octanol–water partition coefficient (Wildman–Crippen LogP) is 1.95. The molecule has 1 aromatic heterocycles. The van der Waals surface area contributed by atoms with E-state index in [1.807, 2.05) is 5.38 Å². The van der Waals surface area contributed by atoms with E-state index in [0.717, 1.165) is 13.0 Å². The summed E-state index contributed by atoms with van der Waals surface area (Å²) in [4.78, 5) is 4.23. The normalized spacial score (nSPS) is 11.6. The van der Waals surface area contributed by atoms with Crippen molar-refractivity contribution in [1.29, 1.82) is 0 Å². The number of nitrogens with zero attached hydrogens (tertiary/aromatic N) is 1. The van der Waals surface area contributed by atoms with E-state index in [9.17, 15) is 0 Å². The summed E-state index contributed by atoms with van der Waals surface area (Å²) >= 11 is 1.68. The fourth-order valence-electron chi connectivity index (χ4n) is 1.01. The third-order valence-corrected chi connectivity index (χ3v) is 2.58. The summed E-state index contributed by atoms with van der Waals surface area (Å²) in [5, 5.41) is 7.21. The summed E-state index contributed by atoms with van der Waals surface area (Å²) in [5.41, 5.74) is 6.89. The van der Waals surface area contributed by atoms with Crippen LogP contribution in [0, 0.1) is 0 Å². The number of hydrogen-bond acceptors (Lipinski definition) is 2. The number of thiophene rings is 1. The van der Waals surface area contributed by atoms with E-state index in [-0.39, 0.29) is 0 Å². The molecule has 1 aromatic rings. The Bertz CT molecular complexity index is 267. The van der Waals surface area contributed by atoms with Gasteiger partial charge in [-0.2, -0.15) is 11.3 Å². The van der Waals surface area contributed by atoms with Crippen LogP contribution in [0.4, 0.5) is 0 Å². The number of aliphatic imine (C=N–C) groups is 1. The summed E-state index contributed by atoms with van der Waals surface area (Å²) in [7, 11) is 0. The van der Waals surface area contributed by atoms with E-state index in [2.05, 4.69) is 28.7 Å². The number of guanidine groups is 1. The highest BCUT2D eigenvalue weighted by Crippen LogP contribution is 2.06. The third kappa shape index (κ3) is 4.28. The Morgan fingerprint density at radius 1 is 1.64 bits per heavy atom. The van der Waals surface area contributed by atoms with Gasteiger partial charge in [-0.05, 0) is 28.8 Å². The molecule has 0 amide bonds. The summed E-state index contributed by atoms with van der Waals surface area (Å²) in [5.74, 6) is 0.546. The summed E-state index contributed by atoms with van der Waals surface area (Å²) in [6.07, 6.45) is 2.31. The van der Waals surface area contributed by atoms with Crippen LogP contribution in [0.5, 0.6) is 0 Å². The van der Waals surface area contributed by atoms with Crippen molar-refractivity contribution >= 4 is 17.3 Å². The Morgan fingerprint density at radius 2 is 2.50 bits per heavy atom. The SMILES string of the molecule is CCCCNC(N)=NCc1ccsc1. The molecule has 1 rings (SSSR count). The second kappa shape index (κ2) is 6.43. The molecule has 0 atom stereocenters. The first-order chi connectivity index (χ1) is 6.83. The van der Waals surface area contributed by atoms with Crippen molar-refractivity contribution in [2.75, 3.05) is 6.54 Å². The van der Waals surface area contributed by atoms with Crippen LogP contribution in [-0.2, 0) is 6.54 Å². The monoisotopic (exact) mass is 211 g/mol. The maximum absolute atomic E-state index is 5.67. The van der Waals surface area contributed by atoms with Gasteiger partial charge in [-0.15, -0.1) is 0 Å². The summed E-state index contributed by atoms with van der Waals surface area (Å²) in [6, 6.07) is 2.06. The Labute approximate surface area is 89.0 Å². The van der Waals surface area contributed by atoms with Crippen LogP contribution in [0.3, 0.4) is 0 Å². The van der Waals surface area contributed by atoms with Crippen molar-refractivity contribution < 1.29 is 0 Å². The zero-order chi connectivity index (χ0) is 10.2. The molecule has 0 fully saturated rings. The first-order valence-electron chi connectivity index (χ1n) is 4.87. The van der Waals surface area contributed by atoms with Crippen LogP contribution in [-0.4, -0.2) is 12.5 Å². The topological polar surface area (TPSA) is 50.4 Å². The molecule has 3 N–H and O–H groups in total. The largest absolute Gasteiger partial charge is 0.370 e. The molecule has 0 aliphatic rings. The molecule has 1 heterocycles. The molecule has 0 spiro atoms. The number of unbranched alkanes of at least 4 members (excludes halogenated alkanes) is 1. The van der Waals surface area contributed by atoms with Crippen molar-refractivity contribution in [3.63, 3.8) is 0 Å². The number of rotatable bonds is 5. The van der Waals surface area contributed by atoms with Gasteiger partial charge < -0.3 is 11.1 Å². The number of hydrogen-bond donors (Lipinski definition) is 2. The molecule has 0 bridgehead atoms. The second-order valence-corrected chi connectivity index (χ2v) is 3.89. The number of nitrogens with one attached hydrogen (secondary N) is 1. The van der Waals surface area contributed by atoms with E-state index in [1.54, 1.807) is 11.3 Å². The lowest BCUT2D eigenvalue weighted by molar-refractivity contribution is 0.748. The molecule has 0 aromatic carbocycles. The highest BCUT2D eigenvalue weighted by Gasteiger charge is 1.92. The minimum absolute atomic E-state index is 0.546. The molecule has 0 saturated heterocycles. The van der Waals surface area contributed by atoms with Gasteiger partial charge in [0.25, 0.3) is 0 Å². The molecule has 0 unspecified atom stereocenters. The average molecular weight is 211 g/mol. The summed E-state index contributed by atoms with van der Waals surface area (Å²) in [6.45, 7) is 3.74. The van der Waals surface area contributed by atoms with Crippen LogP contribution in [0.1, 0.15) is 25.3 Å². The van der Waals surface area contributed by atoms with Crippen LogP contribution < -0.4 is 11.1 Å². The number of nitrogens with two attached hydrogens (primary N) is 1. The Balaban J connectivity index is 2.23. The van der Waals surface area contributed by atoms with E-state index in [4.69, 9.17) is 5.73 Å². The second-order valence-electron chi connectivity index (χ2n) is 3.11. The van der Waals surface area contributed by atoms with Crippen molar-refractivity contribution in [3.8, 4) is 0 Å². The fraction of sp³-hybridized carbons (Fsp3) is 0.500.